The topological polar surface area (TPSA) is 212 Å². The van der Waals surface area contributed by atoms with Crippen LogP contribution in [0.15, 0.2) is 24.3 Å². The normalized spacial score (nSPS) is 38.6. The lowest BCUT2D eigenvalue weighted by Crippen LogP contribution is -2.60. The van der Waals surface area contributed by atoms with E-state index in [1.54, 1.807) is 41.5 Å². The maximum absolute atomic E-state index is 14.3. The first-order valence-electron chi connectivity index (χ1n) is 19.2. The van der Waals surface area contributed by atoms with Gasteiger partial charge in [-0.15, -0.1) is 0 Å². The van der Waals surface area contributed by atoms with E-state index >= 15 is 0 Å². The number of ether oxygens (including phenoxy) is 7. The van der Waals surface area contributed by atoms with Crippen LogP contribution < -0.4 is 5.32 Å². The van der Waals surface area contributed by atoms with E-state index in [1.165, 1.54) is 38.3 Å². The zero-order valence-electron chi connectivity index (χ0n) is 34.2. The Balaban J connectivity index is 1.83. The fraction of sp³-hybridized carbons (Fsp3) is 0.744. The highest BCUT2D eigenvalue weighted by molar-refractivity contribution is 5.80. The molecule has 0 bridgehead atoms. The van der Waals surface area contributed by atoms with Crippen molar-refractivity contribution in [3.8, 4) is 0 Å². The van der Waals surface area contributed by atoms with Crippen LogP contribution in [0, 0.1) is 27.9 Å². The maximum Gasteiger partial charge on any atom is 0.509 e. The molecule has 2 N–H and O–H groups in total. The Kier molecular flexibility index (Phi) is 14.5. The largest absolute Gasteiger partial charge is 0.509 e. The molecule has 17 heteroatoms. The molecule has 1 aromatic carbocycles. The lowest BCUT2D eigenvalue weighted by atomic mass is 9.78. The molecule has 0 radical (unpaired) electrons. The van der Waals surface area contributed by atoms with Crippen molar-refractivity contribution in [3.63, 3.8) is 0 Å². The molecule has 17 nitrogen and oxygen atoms in total. The van der Waals surface area contributed by atoms with Crippen molar-refractivity contribution < 1.29 is 62.4 Å². The van der Waals surface area contributed by atoms with Gasteiger partial charge < -0.3 is 48.5 Å². The van der Waals surface area contributed by atoms with Crippen molar-refractivity contribution in [1.82, 2.24) is 10.2 Å². The third-order valence-corrected chi connectivity index (χ3v) is 11.6. The smallest absolute Gasteiger partial charge is 0.461 e. The fourth-order valence-corrected chi connectivity index (χ4v) is 8.36. The predicted octanol–water partition coefficient (Wildman–Crippen LogP) is 3.70. The third-order valence-electron chi connectivity index (χ3n) is 11.6. The number of methoxy groups -OCH3 is 1. The average Bonchev–Trinajstić information content (AvgIpc) is 3.45. The van der Waals surface area contributed by atoms with Gasteiger partial charge in [0, 0.05) is 37.2 Å². The van der Waals surface area contributed by atoms with Gasteiger partial charge in [-0.05, 0) is 80.5 Å². The molecule has 3 saturated heterocycles. The zero-order valence-corrected chi connectivity index (χ0v) is 34.2. The molecule has 0 saturated carbocycles. The number of nitro groups is 1. The van der Waals surface area contributed by atoms with Gasteiger partial charge in [0.05, 0.1) is 41.0 Å². The summed E-state index contributed by atoms with van der Waals surface area (Å²) in [5, 5.41) is 25.8. The number of hydrogen-bond acceptors (Lipinski definition) is 15. The Labute approximate surface area is 328 Å². The third kappa shape index (κ3) is 9.79. The van der Waals surface area contributed by atoms with Gasteiger partial charge in [-0.1, -0.05) is 26.0 Å². The summed E-state index contributed by atoms with van der Waals surface area (Å²) in [6.45, 7) is 13.5. The highest BCUT2D eigenvalue weighted by Gasteiger charge is 2.58. The van der Waals surface area contributed by atoms with Gasteiger partial charge in [0.1, 0.15) is 18.3 Å². The van der Waals surface area contributed by atoms with Crippen LogP contribution in [-0.4, -0.2) is 126 Å². The number of aliphatic hydroxyl groups is 1. The number of carbonyl (C=O) groups is 4. The minimum Gasteiger partial charge on any atom is -0.461 e. The summed E-state index contributed by atoms with van der Waals surface area (Å²) in [6, 6.07) is 4.54. The summed E-state index contributed by atoms with van der Waals surface area (Å²) in [7, 11) is 5.16. The van der Waals surface area contributed by atoms with Gasteiger partial charge in [-0.25, -0.2) is 4.79 Å². The number of nitro benzene ring substituents is 1. The molecule has 0 unspecified atom stereocenters. The number of hydrogen-bond donors (Lipinski definition) is 2. The van der Waals surface area contributed by atoms with Crippen LogP contribution in [0.4, 0.5) is 10.5 Å². The number of benzene rings is 1. The number of nitrogens with one attached hydrogen (secondary N) is 1. The standard InChI is InChI=1S/C39H59N3O14/c1-12-28-39(8)33(55-37(47)56-39)24(6)34(45)40-20(2)19-38(7,50-11)32(54-36-30(44)27(41(9)10)17-21(3)51-36)22(4)31(23(5)35(46)52-28)53-29(43)18-25-13-15-26(16-14-25)42(48)49/h13-16,20-24,27-28,30-33,36,44H,12,17-19H2,1-11H3,(H,40,45)/t20-,21-,22+,23-,24-,27+,28-,30-,31+,32-,33-,36+,38-,39-/m1/s1. The second-order valence-corrected chi connectivity index (χ2v) is 16.2. The van der Waals surface area contributed by atoms with Gasteiger partial charge >= 0.3 is 18.1 Å². The summed E-state index contributed by atoms with van der Waals surface area (Å²) in [4.78, 5) is 67.0. The van der Waals surface area contributed by atoms with E-state index in [9.17, 15) is 34.4 Å². The Hall–Kier alpha value is -3.90. The quantitative estimate of drug-likeness (QED) is 0.158. The van der Waals surface area contributed by atoms with Crippen LogP contribution in [0.1, 0.15) is 80.2 Å². The molecule has 3 aliphatic rings. The average molecular weight is 794 g/mol. The number of rotatable bonds is 9. The van der Waals surface area contributed by atoms with Crippen molar-refractivity contribution in [3.05, 3.63) is 39.9 Å². The van der Waals surface area contributed by atoms with E-state index in [0.717, 1.165) is 0 Å². The van der Waals surface area contributed by atoms with Crippen LogP contribution in [0.2, 0.25) is 0 Å². The monoisotopic (exact) mass is 793 g/mol. The molecular weight excluding hydrogens is 734 g/mol. The number of amides is 1. The second kappa shape index (κ2) is 18.1. The molecule has 314 valence electrons. The minimum absolute atomic E-state index is 0.130. The van der Waals surface area contributed by atoms with E-state index in [2.05, 4.69) is 5.32 Å². The number of cyclic esters (lactones) is 1. The number of carbonyl (C=O) groups excluding carboxylic acids is 4. The molecule has 3 heterocycles. The predicted molar refractivity (Wildman–Crippen MR) is 199 cm³/mol. The summed E-state index contributed by atoms with van der Waals surface area (Å²) < 4.78 is 42.6. The first-order valence-corrected chi connectivity index (χ1v) is 19.2. The summed E-state index contributed by atoms with van der Waals surface area (Å²) in [6.07, 6.45) is -7.58. The molecule has 0 spiro atoms. The fourth-order valence-electron chi connectivity index (χ4n) is 8.36. The van der Waals surface area contributed by atoms with Gasteiger partial charge in [0.2, 0.25) is 5.91 Å². The molecule has 0 aromatic heterocycles. The summed E-state index contributed by atoms with van der Waals surface area (Å²) in [5.41, 5.74) is -2.56. The number of fused-ring (bicyclic) bond motifs is 1. The van der Waals surface area contributed by atoms with Gasteiger partial charge in [0.15, 0.2) is 18.0 Å². The Morgan fingerprint density at radius 2 is 1.70 bits per heavy atom. The van der Waals surface area contributed by atoms with Crippen molar-refractivity contribution in [1.29, 1.82) is 0 Å². The number of non-ortho nitro benzene ring substituents is 1. The highest BCUT2D eigenvalue weighted by atomic mass is 16.8. The molecule has 3 fully saturated rings. The molecule has 3 aliphatic heterocycles. The highest BCUT2D eigenvalue weighted by Crippen LogP contribution is 2.41. The van der Waals surface area contributed by atoms with Crippen LogP contribution in [0.3, 0.4) is 0 Å². The Morgan fingerprint density at radius 1 is 1.05 bits per heavy atom. The lowest BCUT2D eigenvalue weighted by Gasteiger charge is -2.48. The van der Waals surface area contributed by atoms with E-state index in [4.69, 9.17) is 33.2 Å². The van der Waals surface area contributed by atoms with E-state index in [1.807, 2.05) is 25.9 Å². The van der Waals surface area contributed by atoms with Crippen molar-refractivity contribution >= 4 is 29.7 Å². The lowest BCUT2D eigenvalue weighted by molar-refractivity contribution is -0.384. The SMILES string of the molecule is CC[C@H]1OC(=O)[C@H](C)[C@@H](OC(=O)Cc2ccc([N+](=O)[O-])cc2)[C@H](C)[C@@H](O[C@@H]2O[C@H](C)C[C@H](N(C)C)[C@H]2O)[C@](C)(OC)C[C@@H](C)NC(=O)[C@H](C)[C@H]2OC(=O)O[C@@]21C. The summed E-state index contributed by atoms with van der Waals surface area (Å²) >= 11 is 0. The van der Waals surface area contributed by atoms with Crippen molar-refractivity contribution in [2.24, 2.45) is 17.8 Å². The molecule has 0 aliphatic carbocycles. The molecule has 1 amide bonds. The number of nitrogens with zero attached hydrogens (tertiary/aromatic N) is 2. The first-order chi connectivity index (χ1) is 26.1. The maximum atomic E-state index is 14.3. The van der Waals surface area contributed by atoms with Crippen LogP contribution >= 0.6 is 0 Å². The molecule has 4 rings (SSSR count). The summed E-state index contributed by atoms with van der Waals surface area (Å²) in [5.74, 6) is -4.98. The number of esters is 2. The molecule has 14 atom stereocenters. The second-order valence-electron chi connectivity index (χ2n) is 16.2. The van der Waals surface area contributed by atoms with Crippen LogP contribution in [-0.2, 0) is 54.0 Å². The van der Waals surface area contributed by atoms with E-state index < -0.39 is 101 Å². The first kappa shape index (κ1) is 44.8. The van der Waals surface area contributed by atoms with Gasteiger partial charge in [-0.3, -0.25) is 24.5 Å². The number of likely N-dealkylation sites (N-methyl/N-ethyl adjacent to an activating group) is 1. The van der Waals surface area contributed by atoms with E-state index in [0.29, 0.717) is 12.0 Å². The molecule has 1 aromatic rings. The van der Waals surface area contributed by atoms with Crippen molar-refractivity contribution in [2.45, 2.75) is 147 Å². The van der Waals surface area contributed by atoms with Gasteiger partial charge in [0.25, 0.3) is 5.69 Å². The molecular formula is C39H59N3O14. The molecule has 56 heavy (non-hydrogen) atoms. The zero-order chi connectivity index (χ0) is 41.9. The van der Waals surface area contributed by atoms with Crippen LogP contribution in [0.5, 0.6) is 0 Å². The van der Waals surface area contributed by atoms with Gasteiger partial charge in [-0.2, -0.15) is 0 Å². The Morgan fingerprint density at radius 3 is 2.27 bits per heavy atom. The van der Waals surface area contributed by atoms with Crippen molar-refractivity contribution in [2.75, 3.05) is 21.2 Å². The number of aliphatic hydroxyl groups excluding tert-OH is 1. The van der Waals surface area contributed by atoms with Crippen LogP contribution in [0.25, 0.3) is 0 Å². The Bertz CT molecular complexity index is 1580. The van der Waals surface area contributed by atoms with E-state index in [-0.39, 0.29) is 37.1 Å². The minimum atomic E-state index is -1.56.